The molecule has 1 N–H and O–H groups in total. The average Bonchev–Trinajstić information content (AvgIpc) is 3.21. The number of aryl methyl sites for hydroxylation is 1. The van der Waals surface area contributed by atoms with E-state index in [1.165, 1.54) is 5.56 Å². The molecule has 1 aliphatic rings. The summed E-state index contributed by atoms with van der Waals surface area (Å²) in [5, 5.41) is 0. The van der Waals surface area contributed by atoms with Gasteiger partial charge in [0.25, 0.3) is 0 Å². The van der Waals surface area contributed by atoms with Gasteiger partial charge in [-0.3, -0.25) is 9.88 Å². The van der Waals surface area contributed by atoms with Crippen LogP contribution in [-0.2, 0) is 6.54 Å². The van der Waals surface area contributed by atoms with Crippen molar-refractivity contribution in [3.63, 3.8) is 0 Å². The maximum absolute atomic E-state index is 4.88. The molecule has 0 unspecified atom stereocenters. The lowest BCUT2D eigenvalue weighted by atomic mass is 9.96. The van der Waals surface area contributed by atoms with E-state index in [-0.39, 0.29) is 0 Å². The van der Waals surface area contributed by atoms with Crippen molar-refractivity contribution in [2.75, 3.05) is 13.1 Å². The van der Waals surface area contributed by atoms with Crippen molar-refractivity contribution in [3.05, 3.63) is 71.9 Å². The van der Waals surface area contributed by atoms with Gasteiger partial charge >= 0.3 is 0 Å². The number of fused-ring (bicyclic) bond motifs is 1. The lowest BCUT2D eigenvalue weighted by molar-refractivity contribution is 0.202. The summed E-state index contributed by atoms with van der Waals surface area (Å²) in [4.78, 5) is 24.2. The number of likely N-dealkylation sites (tertiary alicyclic amines) is 1. The Balaban J connectivity index is 1.21. The van der Waals surface area contributed by atoms with Gasteiger partial charge in [0.1, 0.15) is 11.5 Å². The van der Waals surface area contributed by atoms with Gasteiger partial charge in [0.15, 0.2) is 5.82 Å². The molecule has 3 aromatic heterocycles. The van der Waals surface area contributed by atoms with Crippen LogP contribution in [0.5, 0.6) is 0 Å². The van der Waals surface area contributed by atoms with Crippen LogP contribution in [0, 0.1) is 6.92 Å². The Hall–Kier alpha value is -3.12. The van der Waals surface area contributed by atoms with Crippen LogP contribution in [0.25, 0.3) is 22.6 Å². The normalized spacial score (nSPS) is 15.8. The molecule has 0 bridgehead atoms. The minimum Gasteiger partial charge on any atom is -0.342 e. The number of H-pyrrole nitrogens is 1. The van der Waals surface area contributed by atoms with Crippen molar-refractivity contribution in [2.24, 2.45) is 0 Å². The predicted molar refractivity (Wildman–Crippen MR) is 113 cm³/mol. The molecule has 0 saturated carbocycles. The van der Waals surface area contributed by atoms with Crippen LogP contribution in [0.2, 0.25) is 0 Å². The van der Waals surface area contributed by atoms with E-state index < -0.39 is 0 Å². The first-order valence-corrected chi connectivity index (χ1v) is 10.2. The topological polar surface area (TPSA) is 70.6 Å². The third-order valence-electron chi connectivity index (χ3n) is 5.71. The molecule has 1 aliphatic heterocycles. The number of aromatic amines is 1. The summed E-state index contributed by atoms with van der Waals surface area (Å²) in [7, 11) is 0. The number of hydrogen-bond acceptors (Lipinski definition) is 5. The standard InChI is InChI=1S/C23H24N6/c1-16-5-4-7-19-21(16)28-22(27-19)18-8-11-29(12-9-18)15-17-13-25-23(26-14-17)20-6-2-3-10-24-20/h2-7,10,13-14,18H,8-9,11-12,15H2,1H3,(H,27,28). The van der Waals surface area contributed by atoms with Gasteiger partial charge in [-0.15, -0.1) is 0 Å². The van der Waals surface area contributed by atoms with Crippen molar-refractivity contribution < 1.29 is 0 Å². The van der Waals surface area contributed by atoms with Gasteiger partial charge in [-0.1, -0.05) is 18.2 Å². The fraction of sp³-hybridized carbons (Fsp3) is 0.304. The SMILES string of the molecule is Cc1cccc2[nH]c(C3CCN(Cc4cnc(-c5ccccn5)nc4)CC3)nc12. The second-order valence-electron chi connectivity index (χ2n) is 7.77. The summed E-state index contributed by atoms with van der Waals surface area (Å²) in [6, 6.07) is 12.1. The van der Waals surface area contributed by atoms with E-state index >= 15 is 0 Å². The molecule has 1 aromatic carbocycles. The monoisotopic (exact) mass is 384 g/mol. The smallest absolute Gasteiger partial charge is 0.178 e. The van der Waals surface area contributed by atoms with E-state index in [1.807, 2.05) is 30.6 Å². The zero-order valence-corrected chi connectivity index (χ0v) is 16.5. The zero-order chi connectivity index (χ0) is 19.6. The van der Waals surface area contributed by atoms with Gasteiger partial charge in [-0.2, -0.15) is 0 Å². The highest BCUT2D eigenvalue weighted by atomic mass is 15.1. The first kappa shape index (κ1) is 17.9. The largest absolute Gasteiger partial charge is 0.342 e. The van der Waals surface area contributed by atoms with E-state index in [2.05, 4.69) is 50.0 Å². The summed E-state index contributed by atoms with van der Waals surface area (Å²) in [5.41, 5.74) is 5.43. The molecule has 6 nitrogen and oxygen atoms in total. The lowest BCUT2D eigenvalue weighted by Gasteiger charge is -2.30. The van der Waals surface area contributed by atoms with Crippen LogP contribution >= 0.6 is 0 Å². The van der Waals surface area contributed by atoms with Gasteiger partial charge in [0, 0.05) is 36.6 Å². The highest BCUT2D eigenvalue weighted by Crippen LogP contribution is 2.29. The van der Waals surface area contributed by atoms with Gasteiger partial charge in [-0.05, 0) is 56.6 Å². The van der Waals surface area contributed by atoms with Gasteiger partial charge in [-0.25, -0.2) is 15.0 Å². The van der Waals surface area contributed by atoms with Crippen molar-refractivity contribution in [2.45, 2.75) is 32.2 Å². The molecule has 4 aromatic rings. The third-order valence-corrected chi connectivity index (χ3v) is 5.71. The molecule has 29 heavy (non-hydrogen) atoms. The number of imidazole rings is 1. The summed E-state index contributed by atoms with van der Waals surface area (Å²) < 4.78 is 0. The van der Waals surface area contributed by atoms with E-state index in [9.17, 15) is 0 Å². The Morgan fingerprint density at radius 2 is 1.83 bits per heavy atom. The number of aromatic nitrogens is 5. The van der Waals surface area contributed by atoms with Crippen LogP contribution in [0.4, 0.5) is 0 Å². The number of para-hydroxylation sites is 1. The molecule has 0 aliphatic carbocycles. The Labute approximate surface area is 170 Å². The van der Waals surface area contributed by atoms with Gasteiger partial charge < -0.3 is 4.98 Å². The van der Waals surface area contributed by atoms with Crippen LogP contribution < -0.4 is 0 Å². The maximum Gasteiger partial charge on any atom is 0.178 e. The third kappa shape index (κ3) is 3.76. The van der Waals surface area contributed by atoms with Gasteiger partial charge in [0.2, 0.25) is 0 Å². The van der Waals surface area contributed by atoms with Crippen molar-refractivity contribution in [1.29, 1.82) is 0 Å². The average molecular weight is 384 g/mol. The van der Waals surface area contributed by atoms with Crippen LogP contribution in [0.15, 0.2) is 55.0 Å². The molecule has 0 radical (unpaired) electrons. The molecule has 0 amide bonds. The molecule has 0 atom stereocenters. The van der Waals surface area contributed by atoms with Crippen molar-refractivity contribution >= 4 is 11.0 Å². The fourth-order valence-corrected chi connectivity index (χ4v) is 4.07. The highest BCUT2D eigenvalue weighted by Gasteiger charge is 2.23. The molecule has 4 heterocycles. The number of nitrogens with zero attached hydrogens (tertiary/aromatic N) is 5. The quantitative estimate of drug-likeness (QED) is 0.573. The maximum atomic E-state index is 4.88. The summed E-state index contributed by atoms with van der Waals surface area (Å²) in [5.74, 6) is 2.31. The fourth-order valence-electron chi connectivity index (χ4n) is 4.07. The predicted octanol–water partition coefficient (Wildman–Crippen LogP) is 4.10. The minimum absolute atomic E-state index is 0.501. The number of benzene rings is 1. The summed E-state index contributed by atoms with van der Waals surface area (Å²) >= 11 is 0. The number of piperidine rings is 1. The molecular formula is C23H24N6. The number of nitrogens with one attached hydrogen (secondary N) is 1. The Bertz CT molecular complexity index is 1100. The first-order chi connectivity index (χ1) is 14.3. The molecule has 6 heteroatoms. The minimum atomic E-state index is 0.501. The summed E-state index contributed by atoms with van der Waals surface area (Å²) in [6.45, 7) is 5.12. The molecular weight excluding hydrogens is 360 g/mol. The number of hydrogen-bond donors (Lipinski definition) is 1. The molecule has 1 saturated heterocycles. The van der Waals surface area contributed by atoms with E-state index in [4.69, 9.17) is 4.98 Å². The lowest BCUT2D eigenvalue weighted by Crippen LogP contribution is -2.32. The summed E-state index contributed by atoms with van der Waals surface area (Å²) in [6.07, 6.45) is 7.84. The second-order valence-corrected chi connectivity index (χ2v) is 7.77. The Morgan fingerprint density at radius 1 is 1.00 bits per heavy atom. The molecule has 1 fully saturated rings. The first-order valence-electron chi connectivity index (χ1n) is 10.2. The van der Waals surface area contributed by atoms with Gasteiger partial charge in [0.05, 0.1) is 11.0 Å². The Kier molecular flexibility index (Phi) is 4.77. The van der Waals surface area contributed by atoms with E-state index in [1.54, 1.807) is 6.20 Å². The number of rotatable bonds is 4. The molecule has 146 valence electrons. The Morgan fingerprint density at radius 3 is 2.55 bits per heavy atom. The molecule has 0 spiro atoms. The zero-order valence-electron chi connectivity index (χ0n) is 16.5. The number of pyridine rings is 1. The van der Waals surface area contributed by atoms with Crippen LogP contribution in [0.1, 0.15) is 35.7 Å². The van der Waals surface area contributed by atoms with E-state index in [0.29, 0.717) is 11.7 Å². The van der Waals surface area contributed by atoms with Crippen molar-refractivity contribution in [3.8, 4) is 11.5 Å². The highest BCUT2D eigenvalue weighted by molar-refractivity contribution is 5.78. The van der Waals surface area contributed by atoms with Crippen LogP contribution in [0.3, 0.4) is 0 Å². The molecule has 5 rings (SSSR count). The second kappa shape index (κ2) is 7.72. The van der Waals surface area contributed by atoms with Crippen LogP contribution in [-0.4, -0.2) is 42.9 Å². The van der Waals surface area contributed by atoms with Crippen molar-refractivity contribution in [1.82, 2.24) is 29.8 Å². The van der Waals surface area contributed by atoms with E-state index in [0.717, 1.165) is 60.6 Å².